The molecule has 0 aromatic carbocycles. The average Bonchev–Trinajstić information content (AvgIpc) is 3.45. The molecule has 1 heterocycles. The van der Waals surface area contributed by atoms with Crippen LogP contribution in [0.4, 0.5) is 0 Å². The van der Waals surface area contributed by atoms with Crippen molar-refractivity contribution in [2.24, 2.45) is 0 Å². The zero-order chi connectivity index (χ0) is 56.8. The van der Waals surface area contributed by atoms with E-state index in [9.17, 15) is 35.1 Å². The number of nitrogens with one attached hydrogen (secondary N) is 1. The van der Waals surface area contributed by atoms with Crippen molar-refractivity contribution in [1.29, 1.82) is 0 Å². The molecule has 1 saturated heterocycles. The van der Waals surface area contributed by atoms with Crippen LogP contribution < -0.4 is 5.32 Å². The van der Waals surface area contributed by atoms with E-state index in [2.05, 4.69) is 99.0 Å². The van der Waals surface area contributed by atoms with Gasteiger partial charge in [0.15, 0.2) is 12.4 Å². The van der Waals surface area contributed by atoms with Crippen LogP contribution in [0.5, 0.6) is 0 Å². The molecule has 0 bridgehead atoms. The monoisotopic (exact) mass is 1100 g/mol. The van der Waals surface area contributed by atoms with Crippen LogP contribution in [0.2, 0.25) is 0 Å². The molecule has 0 aliphatic carbocycles. The summed E-state index contributed by atoms with van der Waals surface area (Å²) in [4.78, 5) is 26.5. The quantitative estimate of drug-likeness (QED) is 0.0195. The number of allylic oxidation sites excluding steroid dienone is 13. The Labute approximate surface area is 476 Å². The highest BCUT2D eigenvalue weighted by Gasteiger charge is 2.47. The fourth-order valence-electron chi connectivity index (χ4n) is 9.48. The lowest BCUT2D eigenvalue weighted by Gasteiger charge is -2.41. The molecule has 450 valence electrons. The van der Waals surface area contributed by atoms with Gasteiger partial charge in [0.25, 0.3) is 0 Å². The molecule has 0 aromatic heterocycles. The smallest absolute Gasteiger partial charge is 0.306 e. The number of rotatable bonds is 53. The van der Waals surface area contributed by atoms with Gasteiger partial charge < -0.3 is 45.1 Å². The van der Waals surface area contributed by atoms with Gasteiger partial charge in [0.05, 0.1) is 25.4 Å². The van der Waals surface area contributed by atoms with E-state index in [-0.39, 0.29) is 19.4 Å². The normalized spacial score (nSPS) is 19.5. The van der Waals surface area contributed by atoms with E-state index in [0.29, 0.717) is 12.8 Å². The van der Waals surface area contributed by atoms with Crippen molar-refractivity contribution in [3.05, 3.63) is 85.1 Å². The van der Waals surface area contributed by atoms with Crippen LogP contribution in [0.25, 0.3) is 0 Å². The topological polar surface area (TPSA) is 175 Å². The largest absolute Gasteiger partial charge is 0.454 e. The zero-order valence-electron chi connectivity index (χ0n) is 49.8. The maximum Gasteiger partial charge on any atom is 0.306 e. The predicted octanol–water partition coefficient (Wildman–Crippen LogP) is 15.3. The highest BCUT2D eigenvalue weighted by Crippen LogP contribution is 2.26. The van der Waals surface area contributed by atoms with Crippen LogP contribution in [-0.4, -0.2) is 99.6 Å². The molecule has 1 amide bonds. The Morgan fingerprint density at radius 2 is 0.936 bits per heavy atom. The van der Waals surface area contributed by atoms with Gasteiger partial charge in [-0.15, -0.1) is 0 Å². The summed E-state index contributed by atoms with van der Waals surface area (Å²) in [6.45, 7) is 5.62. The number of carbonyl (C=O) groups excluding carboxylic acids is 2. The van der Waals surface area contributed by atoms with E-state index in [1.54, 1.807) is 6.08 Å². The first-order valence-corrected chi connectivity index (χ1v) is 31.9. The van der Waals surface area contributed by atoms with E-state index >= 15 is 0 Å². The van der Waals surface area contributed by atoms with Crippen LogP contribution >= 0.6 is 0 Å². The second kappa shape index (κ2) is 54.4. The van der Waals surface area contributed by atoms with Gasteiger partial charge in [-0.2, -0.15) is 0 Å². The highest BCUT2D eigenvalue weighted by atomic mass is 16.7. The summed E-state index contributed by atoms with van der Waals surface area (Å²) < 4.78 is 17.6. The van der Waals surface area contributed by atoms with Gasteiger partial charge in [-0.25, -0.2) is 0 Å². The van der Waals surface area contributed by atoms with Gasteiger partial charge in [0, 0.05) is 6.42 Å². The summed E-state index contributed by atoms with van der Waals surface area (Å²) in [6, 6.07) is -1.03. The molecular weight excluding hydrogens is 979 g/mol. The Balaban J connectivity index is 2.55. The summed E-state index contributed by atoms with van der Waals surface area (Å²) in [5.74, 6) is -1.21. The lowest BCUT2D eigenvalue weighted by atomic mass is 9.99. The fraction of sp³-hybridized carbons (Fsp3) is 0.761. The second-order valence-electron chi connectivity index (χ2n) is 21.8. The number of carbonyl (C=O) groups is 2. The minimum atomic E-state index is -1.62. The first-order chi connectivity index (χ1) is 38.2. The first kappa shape index (κ1) is 72.9. The number of esters is 1. The van der Waals surface area contributed by atoms with E-state index < -0.39 is 67.4 Å². The lowest BCUT2D eigenvalue weighted by molar-refractivity contribution is -0.305. The van der Waals surface area contributed by atoms with Crippen molar-refractivity contribution >= 4 is 11.9 Å². The molecule has 0 aromatic rings. The van der Waals surface area contributed by atoms with E-state index in [4.69, 9.17) is 14.2 Å². The van der Waals surface area contributed by atoms with Crippen LogP contribution in [-0.2, 0) is 23.8 Å². The summed E-state index contributed by atoms with van der Waals surface area (Å²) >= 11 is 0. The summed E-state index contributed by atoms with van der Waals surface area (Å²) in [5, 5.41) is 56.9. The number of unbranched alkanes of at least 4 members (excludes halogenated alkanes) is 27. The molecule has 1 aliphatic heterocycles. The average molecular weight is 1100 g/mol. The molecule has 1 rings (SSSR count). The minimum Gasteiger partial charge on any atom is -0.454 e. The van der Waals surface area contributed by atoms with Crippen molar-refractivity contribution in [2.75, 3.05) is 13.2 Å². The molecule has 11 heteroatoms. The van der Waals surface area contributed by atoms with Gasteiger partial charge >= 0.3 is 5.97 Å². The summed E-state index contributed by atoms with van der Waals surface area (Å²) in [6.07, 6.45) is 60.7. The Morgan fingerprint density at radius 1 is 0.513 bits per heavy atom. The molecule has 1 fully saturated rings. The SMILES string of the molecule is CC/C=C\C/C=C\C/C=C\C/C=C\C/C=C\CCCCCCCCCCCCCC(=O)OC1C(OCC(NC(=O)C(O)CCCCCC/C=C\CCCC)C(O)/C=C/CCCCCCCCCCCC)OC(CO)C(O)C1O. The molecule has 78 heavy (non-hydrogen) atoms. The van der Waals surface area contributed by atoms with Gasteiger partial charge in [-0.3, -0.25) is 9.59 Å². The van der Waals surface area contributed by atoms with E-state index in [1.807, 2.05) is 6.08 Å². The molecule has 6 N–H and O–H groups in total. The number of aliphatic hydroxyl groups excluding tert-OH is 5. The van der Waals surface area contributed by atoms with Gasteiger partial charge in [-0.1, -0.05) is 254 Å². The standard InChI is InChI=1S/C67H117NO10/c1-4-7-10-13-16-19-22-24-25-26-27-28-29-30-31-32-33-34-35-36-37-38-40-43-46-49-52-55-62(72)78-65-64(74)63(73)61(56-69)77-67(65)76-57-58(59(70)53-50-47-44-42-39-23-20-17-14-11-8-5-2)68-66(75)60(71)54-51-48-45-41-21-18-15-12-9-6-3/h7,10,15-16,18-19,24-25,27-28,30-31,50,53,58-61,63-65,67,69-71,73-74H,4-6,8-9,11-14,17,20-23,26,29,32-49,51-52,54-57H2,1-3H3,(H,68,75)/b10-7-,18-15-,19-16-,25-24-,28-27-,31-30-,53-50+. The van der Waals surface area contributed by atoms with Crippen LogP contribution in [0, 0.1) is 0 Å². The van der Waals surface area contributed by atoms with Crippen molar-refractivity contribution in [3.63, 3.8) is 0 Å². The van der Waals surface area contributed by atoms with Crippen LogP contribution in [0.15, 0.2) is 85.1 Å². The van der Waals surface area contributed by atoms with Crippen molar-refractivity contribution in [3.8, 4) is 0 Å². The number of amides is 1. The Morgan fingerprint density at radius 3 is 1.44 bits per heavy atom. The Hall–Kier alpha value is -3.16. The summed E-state index contributed by atoms with van der Waals surface area (Å²) in [5.41, 5.74) is 0. The van der Waals surface area contributed by atoms with Gasteiger partial charge in [-0.05, 0) is 89.9 Å². The number of hydrogen-bond donors (Lipinski definition) is 6. The van der Waals surface area contributed by atoms with E-state index in [1.165, 1.54) is 109 Å². The third-order valence-electron chi connectivity index (χ3n) is 14.5. The van der Waals surface area contributed by atoms with E-state index in [0.717, 1.165) is 109 Å². The number of ether oxygens (including phenoxy) is 3. The van der Waals surface area contributed by atoms with Gasteiger partial charge in [0.1, 0.15) is 24.4 Å². The molecule has 1 aliphatic rings. The number of hydrogen-bond acceptors (Lipinski definition) is 10. The highest BCUT2D eigenvalue weighted by molar-refractivity contribution is 5.80. The molecule has 0 radical (unpaired) electrons. The van der Waals surface area contributed by atoms with Crippen molar-refractivity contribution in [1.82, 2.24) is 5.32 Å². The molecule has 8 atom stereocenters. The Bertz CT molecular complexity index is 1590. The second-order valence-corrected chi connectivity index (χ2v) is 21.8. The van der Waals surface area contributed by atoms with Gasteiger partial charge in [0.2, 0.25) is 5.91 Å². The molecule has 8 unspecified atom stereocenters. The maximum absolute atomic E-state index is 13.3. The lowest BCUT2D eigenvalue weighted by Crippen LogP contribution is -2.61. The minimum absolute atomic E-state index is 0.115. The third-order valence-corrected chi connectivity index (χ3v) is 14.5. The fourth-order valence-corrected chi connectivity index (χ4v) is 9.48. The molecule has 11 nitrogen and oxygen atoms in total. The molecule has 0 spiro atoms. The summed E-state index contributed by atoms with van der Waals surface area (Å²) in [7, 11) is 0. The molecular formula is C67H117NO10. The first-order valence-electron chi connectivity index (χ1n) is 31.9. The predicted molar refractivity (Wildman–Crippen MR) is 324 cm³/mol. The van der Waals surface area contributed by atoms with Crippen LogP contribution in [0.1, 0.15) is 265 Å². The van der Waals surface area contributed by atoms with Crippen LogP contribution in [0.3, 0.4) is 0 Å². The maximum atomic E-state index is 13.3. The zero-order valence-corrected chi connectivity index (χ0v) is 49.8. The molecule has 0 saturated carbocycles. The Kier molecular flexibility index (Phi) is 50.8. The van der Waals surface area contributed by atoms with Crippen molar-refractivity contribution < 1.29 is 49.3 Å². The van der Waals surface area contributed by atoms with Crippen molar-refractivity contribution in [2.45, 2.75) is 314 Å². The third kappa shape index (κ3) is 41.8. The number of aliphatic hydroxyl groups is 5.